The van der Waals surface area contributed by atoms with E-state index in [1.807, 2.05) is 23.3 Å². The van der Waals surface area contributed by atoms with Crippen molar-refractivity contribution < 1.29 is 18.7 Å². The summed E-state index contributed by atoms with van der Waals surface area (Å²) in [6.07, 6.45) is 3.36. The van der Waals surface area contributed by atoms with E-state index < -0.39 is 6.17 Å². The number of imidazole rings is 1. The summed E-state index contributed by atoms with van der Waals surface area (Å²) >= 11 is 1.50. The van der Waals surface area contributed by atoms with Crippen molar-refractivity contribution in [1.82, 2.24) is 24.8 Å². The minimum Gasteiger partial charge on any atom is -0.508 e. The Kier molecular flexibility index (Phi) is 7.33. The molecule has 208 valence electrons. The van der Waals surface area contributed by atoms with Crippen LogP contribution in [-0.4, -0.2) is 68.6 Å². The average molecular weight is 565 g/mol. The van der Waals surface area contributed by atoms with E-state index in [4.69, 9.17) is 5.10 Å². The Labute approximate surface area is 235 Å². The molecule has 8 nitrogen and oxygen atoms in total. The van der Waals surface area contributed by atoms with Gasteiger partial charge in [0.25, 0.3) is 5.91 Å². The molecule has 1 amide bonds. The zero-order valence-corrected chi connectivity index (χ0v) is 22.8. The number of aromatic hydroxyl groups is 1. The lowest BCUT2D eigenvalue weighted by atomic mass is 10.0. The molecule has 6 rings (SSSR count). The van der Waals surface area contributed by atoms with Crippen LogP contribution in [0.2, 0.25) is 0 Å². The van der Waals surface area contributed by atoms with Gasteiger partial charge in [0.2, 0.25) is 0 Å². The first-order valence-corrected chi connectivity index (χ1v) is 14.5. The molecule has 3 atom stereocenters. The molecule has 0 radical (unpaired) electrons. The van der Waals surface area contributed by atoms with E-state index in [2.05, 4.69) is 15.2 Å². The molecule has 40 heavy (non-hydrogen) atoms. The third-order valence-corrected chi connectivity index (χ3v) is 8.41. The number of rotatable bonds is 7. The van der Waals surface area contributed by atoms with Gasteiger partial charge in [-0.2, -0.15) is 0 Å². The number of anilines is 1. The Morgan fingerprint density at radius 3 is 2.88 bits per heavy atom. The number of halogens is 2. The number of fused-ring (bicyclic) bond motifs is 1. The molecule has 2 aliphatic heterocycles. The molecular formula is C29H30F2N6O2S. The number of likely N-dealkylation sites (tertiary alicyclic amines) is 1. The molecule has 2 aromatic carbocycles. The molecule has 2 aliphatic rings. The third kappa shape index (κ3) is 5.35. The topological polar surface area (TPSA) is 86.0 Å². The number of hydrogen-bond acceptors (Lipinski definition) is 7. The molecule has 4 aromatic rings. The molecule has 2 fully saturated rings. The van der Waals surface area contributed by atoms with E-state index in [1.165, 1.54) is 34.6 Å². The van der Waals surface area contributed by atoms with Gasteiger partial charge in [-0.25, -0.2) is 18.3 Å². The fourth-order valence-electron chi connectivity index (χ4n) is 5.74. The van der Waals surface area contributed by atoms with E-state index in [0.717, 1.165) is 29.0 Å². The monoisotopic (exact) mass is 564 g/mol. The second kappa shape index (κ2) is 11.1. The maximum Gasteiger partial charge on any atom is 0.271 e. The molecule has 0 saturated carbocycles. The lowest BCUT2D eigenvalue weighted by molar-refractivity contribution is 0.0930. The maximum absolute atomic E-state index is 14.7. The fraction of sp³-hybridized carbons (Fsp3) is 0.345. The van der Waals surface area contributed by atoms with Crippen molar-refractivity contribution in [2.45, 2.75) is 42.5 Å². The Morgan fingerprint density at radius 1 is 1.18 bits per heavy atom. The van der Waals surface area contributed by atoms with Crippen molar-refractivity contribution in [2.75, 3.05) is 30.8 Å². The van der Waals surface area contributed by atoms with Crippen molar-refractivity contribution >= 4 is 29.1 Å². The van der Waals surface area contributed by atoms with Gasteiger partial charge in [-0.3, -0.25) is 9.69 Å². The number of alkyl halides is 1. The summed E-state index contributed by atoms with van der Waals surface area (Å²) in [5, 5.41) is 17.5. The van der Waals surface area contributed by atoms with Gasteiger partial charge in [0, 0.05) is 37.0 Å². The first-order chi connectivity index (χ1) is 19.4. The summed E-state index contributed by atoms with van der Waals surface area (Å²) in [5.74, 6) is 0.0973. The number of nitrogens with one attached hydrogen (secondary N) is 1. The SMILES string of the molecule is CSc1ccc(F)cc1[C@H]1C[C@H](F)CN1c1ccc2ncc(C(=O)N[C@H]3CCN(Cc4cccc(O)c4)C3)n2n1. The van der Waals surface area contributed by atoms with Crippen LogP contribution in [0.3, 0.4) is 0 Å². The molecular weight excluding hydrogens is 534 g/mol. The van der Waals surface area contributed by atoms with Crippen LogP contribution < -0.4 is 10.2 Å². The van der Waals surface area contributed by atoms with Gasteiger partial charge in [-0.15, -0.1) is 16.9 Å². The standard InChI is InChI=1S/C29H30F2N6O2S/c1-40-26-6-5-19(30)12-23(26)24-13-20(31)16-36(24)28-8-7-27-32-14-25(37(27)34-28)29(39)33-21-9-10-35(17-21)15-18-3-2-4-22(38)11-18/h2-8,11-12,14,20-21,24,38H,9-10,13,15-17H2,1H3,(H,33,39)/t20-,21-,24+/m0/s1. The maximum atomic E-state index is 14.7. The molecule has 4 heterocycles. The van der Waals surface area contributed by atoms with Crippen LogP contribution in [0.1, 0.15) is 40.5 Å². The minimum absolute atomic E-state index is 0.0354. The summed E-state index contributed by atoms with van der Waals surface area (Å²) in [6, 6.07) is 14.9. The number of nitrogens with zero attached hydrogens (tertiary/aromatic N) is 5. The largest absolute Gasteiger partial charge is 0.508 e. The van der Waals surface area contributed by atoms with Gasteiger partial charge in [0.15, 0.2) is 11.3 Å². The van der Waals surface area contributed by atoms with Crippen LogP contribution in [-0.2, 0) is 6.54 Å². The van der Waals surface area contributed by atoms with E-state index in [1.54, 1.807) is 30.3 Å². The van der Waals surface area contributed by atoms with Crippen molar-refractivity contribution in [3.05, 3.63) is 83.4 Å². The van der Waals surface area contributed by atoms with Crippen LogP contribution in [0.4, 0.5) is 14.6 Å². The predicted octanol–water partition coefficient (Wildman–Crippen LogP) is 4.59. The summed E-state index contributed by atoms with van der Waals surface area (Å²) in [5.41, 5.74) is 2.55. The highest BCUT2D eigenvalue weighted by molar-refractivity contribution is 7.98. The number of amides is 1. The summed E-state index contributed by atoms with van der Waals surface area (Å²) in [7, 11) is 0. The normalized spacial score (nSPS) is 21.4. The smallest absolute Gasteiger partial charge is 0.271 e. The molecule has 0 spiro atoms. The highest BCUT2D eigenvalue weighted by atomic mass is 32.2. The van der Waals surface area contributed by atoms with E-state index >= 15 is 0 Å². The lowest BCUT2D eigenvalue weighted by Gasteiger charge is -2.27. The highest BCUT2D eigenvalue weighted by Crippen LogP contribution is 2.40. The number of carbonyl (C=O) groups excluding carboxylic acids is 1. The molecule has 0 unspecified atom stereocenters. The van der Waals surface area contributed by atoms with Gasteiger partial charge in [-0.1, -0.05) is 12.1 Å². The predicted molar refractivity (Wildman–Crippen MR) is 150 cm³/mol. The average Bonchev–Trinajstić information content (AvgIpc) is 3.66. The zero-order valence-electron chi connectivity index (χ0n) is 22.0. The third-order valence-electron chi connectivity index (χ3n) is 7.60. The van der Waals surface area contributed by atoms with Crippen molar-refractivity contribution in [1.29, 1.82) is 0 Å². The Hall–Kier alpha value is -3.70. The number of benzene rings is 2. The van der Waals surface area contributed by atoms with Gasteiger partial charge in [0.05, 0.1) is 18.8 Å². The van der Waals surface area contributed by atoms with Gasteiger partial charge < -0.3 is 15.3 Å². The van der Waals surface area contributed by atoms with Crippen LogP contribution in [0, 0.1) is 5.82 Å². The number of aromatic nitrogens is 3. The second-order valence-electron chi connectivity index (χ2n) is 10.4. The molecule has 2 saturated heterocycles. The molecule has 2 N–H and O–H groups in total. The first kappa shape index (κ1) is 26.5. The summed E-state index contributed by atoms with van der Waals surface area (Å²) in [4.78, 5) is 22.6. The zero-order chi connectivity index (χ0) is 27.8. The first-order valence-electron chi connectivity index (χ1n) is 13.3. The van der Waals surface area contributed by atoms with E-state index in [-0.39, 0.29) is 42.5 Å². The lowest BCUT2D eigenvalue weighted by Crippen LogP contribution is -2.37. The summed E-state index contributed by atoms with van der Waals surface area (Å²) in [6.45, 7) is 2.34. The van der Waals surface area contributed by atoms with E-state index in [9.17, 15) is 18.7 Å². The number of thioether (sulfide) groups is 1. The fourth-order valence-corrected chi connectivity index (χ4v) is 6.37. The quantitative estimate of drug-likeness (QED) is 0.318. The van der Waals surface area contributed by atoms with Crippen LogP contribution in [0.25, 0.3) is 5.65 Å². The van der Waals surface area contributed by atoms with Crippen molar-refractivity contribution in [2.24, 2.45) is 0 Å². The second-order valence-corrected chi connectivity index (χ2v) is 11.2. The van der Waals surface area contributed by atoms with E-state index in [0.29, 0.717) is 30.2 Å². The molecule has 0 bridgehead atoms. The molecule has 2 aromatic heterocycles. The molecule has 0 aliphatic carbocycles. The Morgan fingerprint density at radius 2 is 2.05 bits per heavy atom. The van der Waals surface area contributed by atoms with Crippen LogP contribution >= 0.6 is 11.8 Å². The van der Waals surface area contributed by atoms with Crippen LogP contribution in [0.15, 0.2) is 65.7 Å². The number of hydrogen-bond donors (Lipinski definition) is 2. The highest BCUT2D eigenvalue weighted by Gasteiger charge is 2.36. The number of phenolic OH excluding ortho intramolecular Hbond substituents is 1. The Bertz CT molecular complexity index is 1550. The number of phenols is 1. The minimum atomic E-state index is -1.09. The Balaban J connectivity index is 1.20. The van der Waals surface area contributed by atoms with Gasteiger partial charge in [-0.05, 0) is 66.3 Å². The van der Waals surface area contributed by atoms with Gasteiger partial charge in [0.1, 0.15) is 23.6 Å². The van der Waals surface area contributed by atoms with Crippen LogP contribution in [0.5, 0.6) is 5.75 Å². The molecule has 11 heteroatoms. The van der Waals surface area contributed by atoms with Crippen molar-refractivity contribution in [3.8, 4) is 5.75 Å². The summed E-state index contributed by atoms with van der Waals surface area (Å²) < 4.78 is 30.4. The van der Waals surface area contributed by atoms with Gasteiger partial charge >= 0.3 is 0 Å². The van der Waals surface area contributed by atoms with Crippen molar-refractivity contribution in [3.63, 3.8) is 0 Å². The number of carbonyl (C=O) groups is 1.